The first-order valence-electron chi connectivity index (χ1n) is 6.10. The normalized spacial score (nSPS) is 36.8. The summed E-state index contributed by atoms with van der Waals surface area (Å²) in [6.45, 7) is 8.61. The maximum Gasteiger partial charge on any atom is 0.0752 e. The van der Waals surface area contributed by atoms with Gasteiger partial charge in [0, 0.05) is 12.6 Å². The fourth-order valence-electron chi connectivity index (χ4n) is 2.56. The van der Waals surface area contributed by atoms with Gasteiger partial charge in [0.2, 0.25) is 0 Å². The maximum absolute atomic E-state index is 6.11. The van der Waals surface area contributed by atoms with Crippen molar-refractivity contribution in [2.75, 3.05) is 19.8 Å². The molecule has 1 aliphatic rings. The summed E-state index contributed by atoms with van der Waals surface area (Å²) >= 11 is 0. The van der Waals surface area contributed by atoms with Gasteiger partial charge in [0.05, 0.1) is 19.3 Å². The molecule has 15 heavy (non-hydrogen) atoms. The van der Waals surface area contributed by atoms with E-state index in [-0.39, 0.29) is 12.1 Å². The van der Waals surface area contributed by atoms with Crippen molar-refractivity contribution in [1.29, 1.82) is 0 Å². The van der Waals surface area contributed by atoms with Gasteiger partial charge in [-0.25, -0.2) is 0 Å². The van der Waals surface area contributed by atoms with Gasteiger partial charge in [0.1, 0.15) is 0 Å². The van der Waals surface area contributed by atoms with E-state index in [0.717, 1.165) is 18.9 Å². The maximum atomic E-state index is 6.11. The molecule has 1 fully saturated rings. The zero-order valence-electron chi connectivity index (χ0n) is 10.2. The molecule has 1 saturated carbocycles. The Bertz CT molecular complexity index is 163. The van der Waals surface area contributed by atoms with Crippen LogP contribution in [0.1, 0.15) is 33.6 Å². The summed E-state index contributed by atoms with van der Waals surface area (Å²) < 4.78 is 11.1. The quantitative estimate of drug-likeness (QED) is 0.711. The van der Waals surface area contributed by atoms with E-state index in [9.17, 15) is 0 Å². The molecule has 0 aromatic carbocycles. The lowest BCUT2D eigenvalue weighted by molar-refractivity contribution is -0.0492. The van der Waals surface area contributed by atoms with Crippen LogP contribution in [-0.4, -0.2) is 32.0 Å². The molecule has 3 heteroatoms. The van der Waals surface area contributed by atoms with E-state index >= 15 is 0 Å². The average molecular weight is 215 g/mol. The van der Waals surface area contributed by atoms with Crippen LogP contribution in [0.2, 0.25) is 0 Å². The summed E-state index contributed by atoms with van der Waals surface area (Å²) in [5.41, 5.74) is 6.11. The smallest absolute Gasteiger partial charge is 0.0752 e. The third-order valence-corrected chi connectivity index (χ3v) is 3.17. The van der Waals surface area contributed by atoms with Crippen LogP contribution in [0.4, 0.5) is 0 Å². The van der Waals surface area contributed by atoms with Crippen molar-refractivity contribution in [1.82, 2.24) is 0 Å². The van der Waals surface area contributed by atoms with Gasteiger partial charge >= 0.3 is 0 Å². The Morgan fingerprint density at radius 1 is 1.20 bits per heavy atom. The van der Waals surface area contributed by atoms with Crippen molar-refractivity contribution < 1.29 is 9.47 Å². The second-order valence-electron chi connectivity index (χ2n) is 4.75. The van der Waals surface area contributed by atoms with Crippen molar-refractivity contribution in [2.45, 2.75) is 45.8 Å². The number of hydrogen-bond acceptors (Lipinski definition) is 3. The van der Waals surface area contributed by atoms with Gasteiger partial charge in [0.15, 0.2) is 0 Å². The summed E-state index contributed by atoms with van der Waals surface area (Å²) in [6.07, 6.45) is 2.54. The van der Waals surface area contributed by atoms with Crippen LogP contribution >= 0.6 is 0 Å². The zero-order chi connectivity index (χ0) is 11.3. The summed E-state index contributed by atoms with van der Waals surface area (Å²) in [7, 11) is 0. The molecule has 0 aromatic heterocycles. The van der Waals surface area contributed by atoms with Gasteiger partial charge in [0.25, 0.3) is 0 Å². The summed E-state index contributed by atoms with van der Waals surface area (Å²) in [6, 6.07) is 0.199. The Hall–Kier alpha value is -0.120. The molecule has 2 N–H and O–H groups in total. The minimum atomic E-state index is 0.199. The van der Waals surface area contributed by atoms with Gasteiger partial charge in [-0.15, -0.1) is 0 Å². The second-order valence-corrected chi connectivity index (χ2v) is 4.75. The molecule has 3 nitrogen and oxygen atoms in total. The minimum Gasteiger partial charge on any atom is -0.379 e. The monoisotopic (exact) mass is 215 g/mol. The summed E-state index contributed by atoms with van der Waals surface area (Å²) in [5.74, 6) is 1.31. The third kappa shape index (κ3) is 4.09. The molecule has 1 rings (SSSR count). The van der Waals surface area contributed by atoms with Crippen LogP contribution in [0.25, 0.3) is 0 Å². The minimum absolute atomic E-state index is 0.199. The molecule has 0 bridgehead atoms. The highest BCUT2D eigenvalue weighted by molar-refractivity contribution is 4.86. The van der Waals surface area contributed by atoms with Crippen molar-refractivity contribution in [3.8, 4) is 0 Å². The largest absolute Gasteiger partial charge is 0.379 e. The first-order chi connectivity index (χ1) is 7.15. The Kier molecular flexibility index (Phi) is 5.58. The van der Waals surface area contributed by atoms with Crippen molar-refractivity contribution in [3.63, 3.8) is 0 Å². The molecule has 4 unspecified atom stereocenters. The van der Waals surface area contributed by atoms with Crippen molar-refractivity contribution >= 4 is 0 Å². The van der Waals surface area contributed by atoms with E-state index in [1.54, 1.807) is 0 Å². The number of ether oxygens (including phenoxy) is 2. The predicted molar refractivity (Wildman–Crippen MR) is 61.8 cm³/mol. The topological polar surface area (TPSA) is 44.5 Å². The Balaban J connectivity index is 2.26. The molecule has 0 saturated heterocycles. The van der Waals surface area contributed by atoms with E-state index in [2.05, 4.69) is 13.8 Å². The van der Waals surface area contributed by atoms with Crippen molar-refractivity contribution in [3.05, 3.63) is 0 Å². The van der Waals surface area contributed by atoms with Gasteiger partial charge in [-0.1, -0.05) is 13.8 Å². The number of hydrogen-bond donors (Lipinski definition) is 1. The first kappa shape index (κ1) is 12.9. The van der Waals surface area contributed by atoms with E-state index in [4.69, 9.17) is 15.2 Å². The highest BCUT2D eigenvalue weighted by Crippen LogP contribution is 2.29. The third-order valence-electron chi connectivity index (χ3n) is 3.17. The fraction of sp³-hybridized carbons (Fsp3) is 1.00. The molecule has 0 aliphatic heterocycles. The van der Waals surface area contributed by atoms with Crippen LogP contribution in [0.15, 0.2) is 0 Å². The van der Waals surface area contributed by atoms with Gasteiger partial charge < -0.3 is 15.2 Å². The highest BCUT2D eigenvalue weighted by Gasteiger charge is 2.32. The molecule has 0 spiro atoms. The average Bonchev–Trinajstić information content (AvgIpc) is 2.15. The summed E-state index contributed by atoms with van der Waals surface area (Å²) in [5, 5.41) is 0. The molecule has 0 heterocycles. The highest BCUT2D eigenvalue weighted by atomic mass is 16.5. The SMILES string of the molecule is CCOCCOC1C(C)CC(C)CC1N. The molecule has 0 amide bonds. The molecular formula is C12H25NO2. The fourth-order valence-corrected chi connectivity index (χ4v) is 2.56. The van der Waals surface area contributed by atoms with Crippen LogP contribution in [0, 0.1) is 11.8 Å². The Morgan fingerprint density at radius 2 is 1.93 bits per heavy atom. The van der Waals surface area contributed by atoms with Gasteiger partial charge in [-0.2, -0.15) is 0 Å². The van der Waals surface area contributed by atoms with Crippen LogP contribution in [0.3, 0.4) is 0 Å². The summed E-state index contributed by atoms with van der Waals surface area (Å²) in [4.78, 5) is 0. The number of rotatable bonds is 5. The second kappa shape index (κ2) is 6.46. The molecule has 90 valence electrons. The lowest BCUT2D eigenvalue weighted by Gasteiger charge is -2.37. The van der Waals surface area contributed by atoms with Crippen LogP contribution < -0.4 is 5.73 Å². The van der Waals surface area contributed by atoms with E-state index < -0.39 is 0 Å². The first-order valence-corrected chi connectivity index (χ1v) is 6.10. The van der Waals surface area contributed by atoms with E-state index in [1.807, 2.05) is 6.92 Å². The molecule has 1 aliphatic carbocycles. The van der Waals surface area contributed by atoms with E-state index in [1.165, 1.54) is 6.42 Å². The Morgan fingerprint density at radius 3 is 2.53 bits per heavy atom. The van der Waals surface area contributed by atoms with Crippen LogP contribution in [0.5, 0.6) is 0 Å². The molecular weight excluding hydrogens is 190 g/mol. The van der Waals surface area contributed by atoms with Gasteiger partial charge in [-0.05, 0) is 31.6 Å². The molecule has 4 atom stereocenters. The molecule has 0 aromatic rings. The predicted octanol–water partition coefficient (Wildman–Crippen LogP) is 1.80. The van der Waals surface area contributed by atoms with Crippen molar-refractivity contribution in [2.24, 2.45) is 17.6 Å². The zero-order valence-corrected chi connectivity index (χ0v) is 10.2. The van der Waals surface area contributed by atoms with E-state index in [0.29, 0.717) is 19.1 Å². The Labute approximate surface area is 93.3 Å². The molecule has 0 radical (unpaired) electrons. The number of nitrogens with two attached hydrogens (primary N) is 1. The standard InChI is InChI=1S/C12H25NO2/c1-4-14-5-6-15-12-10(3)7-9(2)8-11(12)13/h9-12H,4-8,13H2,1-3H3. The van der Waals surface area contributed by atoms with Gasteiger partial charge in [-0.3, -0.25) is 0 Å². The van der Waals surface area contributed by atoms with Crippen LogP contribution in [-0.2, 0) is 9.47 Å². The lowest BCUT2D eigenvalue weighted by atomic mass is 9.78. The lowest BCUT2D eigenvalue weighted by Crippen LogP contribution is -2.46.